The highest BCUT2D eigenvalue weighted by molar-refractivity contribution is 5.91. The molecule has 4 nitrogen and oxygen atoms in total. The monoisotopic (exact) mass is 413 g/mol. The van der Waals surface area contributed by atoms with Crippen LogP contribution in [0.2, 0.25) is 0 Å². The van der Waals surface area contributed by atoms with E-state index in [0.717, 1.165) is 43.5 Å². The van der Waals surface area contributed by atoms with Gasteiger partial charge in [0.05, 0.1) is 25.0 Å². The molecule has 0 aliphatic carbocycles. The van der Waals surface area contributed by atoms with Gasteiger partial charge in [-0.1, -0.05) is 41.9 Å². The summed E-state index contributed by atoms with van der Waals surface area (Å²) < 4.78 is 10.6. The Labute approximate surface area is 183 Å². The Balaban J connectivity index is 2.61. The van der Waals surface area contributed by atoms with Gasteiger partial charge in [-0.05, 0) is 78.0 Å². The zero-order chi connectivity index (χ0) is 22.4. The summed E-state index contributed by atoms with van der Waals surface area (Å²) in [5.74, 6) is 0.407. The maximum absolute atomic E-state index is 11.8. The third-order valence-corrected chi connectivity index (χ3v) is 4.73. The molecule has 1 aromatic rings. The molecule has 0 aliphatic heterocycles. The molecule has 1 aromatic carbocycles. The molecule has 1 N–H and O–H groups in total. The molecule has 0 unspecified atom stereocenters. The van der Waals surface area contributed by atoms with Gasteiger partial charge in [-0.15, -0.1) is 0 Å². The topological polar surface area (TPSA) is 47.6 Å². The van der Waals surface area contributed by atoms with Crippen LogP contribution in [0, 0.1) is 0 Å². The Hall–Kier alpha value is -2.49. The molecule has 0 heterocycles. The second-order valence-corrected chi connectivity index (χ2v) is 7.89. The van der Waals surface area contributed by atoms with Crippen molar-refractivity contribution < 1.29 is 14.3 Å². The predicted octanol–water partition coefficient (Wildman–Crippen LogP) is 7.09. The Bertz CT molecular complexity index is 756. The quantitative estimate of drug-likeness (QED) is 0.277. The van der Waals surface area contributed by atoms with Crippen LogP contribution in [-0.4, -0.2) is 26.2 Å². The second kappa shape index (κ2) is 14.5. The smallest absolute Gasteiger partial charge is 0.337 e. The van der Waals surface area contributed by atoms with E-state index in [4.69, 9.17) is 9.47 Å². The highest BCUT2D eigenvalue weighted by Gasteiger charge is 2.10. The number of hydrogen-bond donors (Lipinski definition) is 1. The van der Waals surface area contributed by atoms with E-state index in [2.05, 4.69) is 58.2 Å². The molecule has 1 rings (SSSR count). The van der Waals surface area contributed by atoms with Crippen molar-refractivity contribution in [1.29, 1.82) is 0 Å². The van der Waals surface area contributed by atoms with E-state index < -0.39 is 0 Å². The first kappa shape index (κ1) is 25.5. The number of allylic oxidation sites excluding steroid dienone is 5. The molecule has 0 bridgehead atoms. The average Bonchev–Trinajstić information content (AvgIpc) is 2.71. The Kier molecular flexibility index (Phi) is 12.3. The lowest BCUT2D eigenvalue weighted by atomic mass is 10.1. The molecule has 0 spiro atoms. The van der Waals surface area contributed by atoms with Crippen LogP contribution in [0.3, 0.4) is 0 Å². The van der Waals surface area contributed by atoms with E-state index in [0.29, 0.717) is 18.7 Å². The number of rotatable bonds is 13. The van der Waals surface area contributed by atoms with Crippen LogP contribution in [-0.2, 0) is 4.74 Å². The summed E-state index contributed by atoms with van der Waals surface area (Å²) in [6, 6.07) is 5.34. The Morgan fingerprint density at radius 3 is 2.30 bits per heavy atom. The number of anilines is 1. The zero-order valence-electron chi connectivity index (χ0n) is 19.6. The fourth-order valence-electron chi connectivity index (χ4n) is 2.92. The van der Waals surface area contributed by atoms with Crippen molar-refractivity contribution in [3.05, 3.63) is 58.7 Å². The van der Waals surface area contributed by atoms with E-state index in [1.54, 1.807) is 12.1 Å². The van der Waals surface area contributed by atoms with Crippen molar-refractivity contribution in [2.24, 2.45) is 0 Å². The maximum atomic E-state index is 11.8. The van der Waals surface area contributed by atoms with Crippen LogP contribution < -0.4 is 10.1 Å². The zero-order valence-corrected chi connectivity index (χ0v) is 19.6. The molecule has 0 aromatic heterocycles. The molecule has 0 aliphatic rings. The summed E-state index contributed by atoms with van der Waals surface area (Å²) in [6.07, 6.45) is 12.1. The van der Waals surface area contributed by atoms with E-state index in [1.807, 2.05) is 6.07 Å². The van der Waals surface area contributed by atoms with Gasteiger partial charge in [-0.25, -0.2) is 4.79 Å². The Morgan fingerprint density at radius 1 is 1.00 bits per heavy atom. The Morgan fingerprint density at radius 2 is 1.67 bits per heavy atom. The molecular weight excluding hydrogens is 374 g/mol. The standard InChI is InChI=1S/C26H39NO3/c1-7-18-30-25-15-14-23(26(28)29-6)19-24(25)27-17-16-22(5)13-9-12-21(4)11-8-10-20(2)3/h10,12,14-16,19,27H,7-9,11,13,17-18H2,1-6H3/b21-12+,22-16+. The van der Waals surface area contributed by atoms with Gasteiger partial charge in [0.2, 0.25) is 0 Å². The minimum Gasteiger partial charge on any atom is -0.491 e. The molecule has 0 radical (unpaired) electrons. The fraction of sp³-hybridized carbons (Fsp3) is 0.500. The van der Waals surface area contributed by atoms with Gasteiger partial charge < -0.3 is 14.8 Å². The number of benzene rings is 1. The lowest BCUT2D eigenvalue weighted by molar-refractivity contribution is 0.0600. The van der Waals surface area contributed by atoms with E-state index in [1.165, 1.54) is 23.8 Å². The van der Waals surface area contributed by atoms with Crippen molar-refractivity contribution in [2.75, 3.05) is 25.6 Å². The van der Waals surface area contributed by atoms with Gasteiger partial charge in [0, 0.05) is 6.54 Å². The lowest BCUT2D eigenvalue weighted by Crippen LogP contribution is -2.07. The third kappa shape index (κ3) is 10.3. The predicted molar refractivity (Wildman–Crippen MR) is 127 cm³/mol. The SMILES string of the molecule is CCCOc1ccc(C(=O)OC)cc1NC/C=C(\C)CC/C=C(\C)CCC=C(C)C. The molecule has 0 amide bonds. The van der Waals surface area contributed by atoms with Crippen LogP contribution in [0.25, 0.3) is 0 Å². The molecule has 0 saturated carbocycles. The summed E-state index contributed by atoms with van der Waals surface area (Å²) in [5.41, 5.74) is 5.50. The molecule has 166 valence electrons. The van der Waals surface area contributed by atoms with Gasteiger partial charge in [0.15, 0.2) is 0 Å². The van der Waals surface area contributed by atoms with Crippen LogP contribution in [0.4, 0.5) is 5.69 Å². The number of ether oxygens (including phenoxy) is 2. The number of hydrogen-bond acceptors (Lipinski definition) is 4. The van der Waals surface area contributed by atoms with Crippen molar-refractivity contribution in [3.8, 4) is 5.75 Å². The number of methoxy groups -OCH3 is 1. The number of nitrogens with one attached hydrogen (secondary N) is 1. The summed E-state index contributed by atoms with van der Waals surface area (Å²) in [6.45, 7) is 12.1. The van der Waals surface area contributed by atoms with E-state index in [9.17, 15) is 4.79 Å². The maximum Gasteiger partial charge on any atom is 0.337 e. The fourth-order valence-corrected chi connectivity index (χ4v) is 2.92. The highest BCUT2D eigenvalue weighted by atomic mass is 16.5. The molecule has 4 heteroatoms. The average molecular weight is 414 g/mol. The molecule has 0 saturated heterocycles. The summed E-state index contributed by atoms with van der Waals surface area (Å²) >= 11 is 0. The van der Waals surface area contributed by atoms with Gasteiger partial charge in [0.25, 0.3) is 0 Å². The minimum atomic E-state index is -0.349. The number of carbonyl (C=O) groups is 1. The second-order valence-electron chi connectivity index (χ2n) is 7.89. The number of carbonyl (C=O) groups excluding carboxylic acids is 1. The van der Waals surface area contributed by atoms with Crippen molar-refractivity contribution >= 4 is 11.7 Å². The van der Waals surface area contributed by atoms with Gasteiger partial charge in [0.1, 0.15) is 5.75 Å². The molecule has 0 atom stereocenters. The first-order chi connectivity index (χ1) is 14.4. The van der Waals surface area contributed by atoms with Crippen molar-refractivity contribution in [1.82, 2.24) is 0 Å². The van der Waals surface area contributed by atoms with Crippen molar-refractivity contribution in [2.45, 2.75) is 66.7 Å². The van der Waals surface area contributed by atoms with Crippen LogP contribution in [0.15, 0.2) is 53.1 Å². The largest absolute Gasteiger partial charge is 0.491 e. The first-order valence-electron chi connectivity index (χ1n) is 10.9. The molecule has 0 fully saturated rings. The van der Waals surface area contributed by atoms with Crippen LogP contribution in [0.5, 0.6) is 5.75 Å². The lowest BCUT2D eigenvalue weighted by Gasteiger charge is -2.13. The molecule has 30 heavy (non-hydrogen) atoms. The van der Waals surface area contributed by atoms with Gasteiger partial charge in [-0.3, -0.25) is 0 Å². The molecular formula is C26H39NO3. The number of esters is 1. The summed E-state index contributed by atoms with van der Waals surface area (Å²) in [4.78, 5) is 11.8. The van der Waals surface area contributed by atoms with Crippen molar-refractivity contribution in [3.63, 3.8) is 0 Å². The van der Waals surface area contributed by atoms with E-state index >= 15 is 0 Å². The first-order valence-corrected chi connectivity index (χ1v) is 10.9. The normalized spacial score (nSPS) is 11.8. The summed E-state index contributed by atoms with van der Waals surface area (Å²) in [7, 11) is 1.39. The van der Waals surface area contributed by atoms with Crippen LogP contribution in [0.1, 0.15) is 77.1 Å². The van der Waals surface area contributed by atoms with E-state index in [-0.39, 0.29) is 5.97 Å². The third-order valence-electron chi connectivity index (χ3n) is 4.73. The summed E-state index contributed by atoms with van der Waals surface area (Å²) in [5, 5.41) is 3.38. The minimum absolute atomic E-state index is 0.349. The van der Waals surface area contributed by atoms with Gasteiger partial charge >= 0.3 is 5.97 Å². The van der Waals surface area contributed by atoms with Crippen LogP contribution >= 0.6 is 0 Å². The van der Waals surface area contributed by atoms with Gasteiger partial charge in [-0.2, -0.15) is 0 Å². The highest BCUT2D eigenvalue weighted by Crippen LogP contribution is 2.26.